The highest BCUT2D eigenvalue weighted by Gasteiger charge is 2.17. The molecule has 0 radical (unpaired) electrons. The van der Waals surface area contributed by atoms with Gasteiger partial charge in [0.2, 0.25) is 0 Å². The van der Waals surface area contributed by atoms with E-state index in [9.17, 15) is 0 Å². The van der Waals surface area contributed by atoms with Crippen LogP contribution in [0.3, 0.4) is 0 Å². The predicted molar refractivity (Wildman–Crippen MR) is 139 cm³/mol. The molecule has 0 unspecified atom stereocenters. The zero-order chi connectivity index (χ0) is 22.9. The first kappa shape index (κ1) is 20.4. The van der Waals surface area contributed by atoms with E-state index in [-0.39, 0.29) is 0 Å². The van der Waals surface area contributed by atoms with Gasteiger partial charge in [-0.25, -0.2) is 9.97 Å². The fraction of sp³-hybridized carbons (Fsp3) is 0.138. The lowest BCUT2D eigenvalue weighted by molar-refractivity contribution is -0.594. The normalized spacial score (nSPS) is 12.4. The summed E-state index contributed by atoms with van der Waals surface area (Å²) in [5.74, 6) is 0. The van der Waals surface area contributed by atoms with Gasteiger partial charge in [-0.3, -0.25) is 0 Å². The van der Waals surface area contributed by atoms with Crippen LogP contribution in [0.15, 0.2) is 67.0 Å². The van der Waals surface area contributed by atoms with Gasteiger partial charge in [0, 0.05) is 28.7 Å². The molecule has 0 saturated carbocycles. The molecule has 166 valence electrons. The van der Waals surface area contributed by atoms with Crippen LogP contribution in [0.2, 0.25) is 0 Å². The molecule has 34 heavy (non-hydrogen) atoms. The molecule has 0 amide bonds. The summed E-state index contributed by atoms with van der Waals surface area (Å²) in [5, 5.41) is 0. The Morgan fingerprint density at radius 1 is 0.706 bits per heavy atom. The van der Waals surface area contributed by atoms with E-state index < -0.39 is 0 Å². The number of aromatic amines is 2. The molecule has 2 N–H and O–H groups in total. The topological polar surface area (TPSA) is 61.2 Å². The number of aryl methyl sites for hydroxylation is 1. The van der Waals surface area contributed by atoms with Crippen molar-refractivity contribution in [2.24, 2.45) is 0 Å². The molecule has 2 aliphatic rings. The third-order valence-corrected chi connectivity index (χ3v) is 6.17. The second-order valence-electron chi connectivity index (χ2n) is 8.75. The molecule has 0 spiro atoms. The number of rotatable bonds is 4. The lowest BCUT2D eigenvalue weighted by atomic mass is 10.1. The van der Waals surface area contributed by atoms with Crippen LogP contribution in [-0.4, -0.2) is 19.9 Å². The fourth-order valence-corrected chi connectivity index (χ4v) is 4.42. The minimum atomic E-state index is 0.917. The van der Waals surface area contributed by atoms with E-state index in [2.05, 4.69) is 101 Å². The van der Waals surface area contributed by atoms with Crippen LogP contribution in [0.5, 0.6) is 0 Å². The number of H-pyrrole nitrogens is 2. The Kier molecular flexibility index (Phi) is 5.15. The summed E-state index contributed by atoms with van der Waals surface area (Å²) < 4.78 is 2.15. The summed E-state index contributed by atoms with van der Waals surface area (Å²) in [7, 11) is 0. The van der Waals surface area contributed by atoms with Gasteiger partial charge >= 0.3 is 0 Å². The van der Waals surface area contributed by atoms with E-state index in [1.165, 1.54) is 18.4 Å². The molecule has 4 aromatic rings. The van der Waals surface area contributed by atoms with E-state index in [0.29, 0.717) is 0 Å². The van der Waals surface area contributed by atoms with Crippen LogP contribution in [0.25, 0.3) is 52.1 Å². The fourth-order valence-electron chi connectivity index (χ4n) is 4.42. The second kappa shape index (κ2) is 8.60. The van der Waals surface area contributed by atoms with Gasteiger partial charge in [-0.05, 0) is 85.2 Å². The van der Waals surface area contributed by atoms with Crippen LogP contribution >= 0.6 is 0 Å². The van der Waals surface area contributed by atoms with Gasteiger partial charge in [0.15, 0.2) is 12.4 Å². The van der Waals surface area contributed by atoms with Gasteiger partial charge in [0.1, 0.15) is 11.2 Å². The molecule has 4 aromatic heterocycles. The highest BCUT2D eigenvalue weighted by Crippen LogP contribution is 2.21. The number of nitrogens with one attached hydrogen (secondary N) is 2. The van der Waals surface area contributed by atoms with Gasteiger partial charge in [0.25, 0.3) is 5.69 Å². The van der Waals surface area contributed by atoms with Gasteiger partial charge in [-0.15, -0.1) is 0 Å². The summed E-state index contributed by atoms with van der Waals surface area (Å²) in [5.41, 5.74) is 10.1. The maximum Gasteiger partial charge on any atom is 0.260 e. The van der Waals surface area contributed by atoms with Crippen molar-refractivity contribution >= 4 is 46.4 Å². The average Bonchev–Trinajstić information content (AvgIpc) is 3.64. The Morgan fingerprint density at radius 3 is 2.03 bits per heavy atom. The van der Waals surface area contributed by atoms with Crippen LogP contribution in [0, 0.1) is 0 Å². The smallest absolute Gasteiger partial charge is 0.260 e. The lowest BCUT2D eigenvalue weighted by Crippen LogP contribution is -2.31. The number of nitrogens with zero attached hydrogens (tertiary/aromatic N) is 3. The lowest BCUT2D eigenvalue weighted by Gasteiger charge is -2.01. The minimum Gasteiger partial charge on any atom is -0.355 e. The van der Waals surface area contributed by atoms with Crippen LogP contribution < -0.4 is 4.57 Å². The van der Waals surface area contributed by atoms with Crippen molar-refractivity contribution in [3.63, 3.8) is 0 Å². The van der Waals surface area contributed by atoms with Gasteiger partial charge in [-0.2, -0.15) is 4.57 Å². The average molecular weight is 445 g/mol. The van der Waals surface area contributed by atoms with Gasteiger partial charge < -0.3 is 9.97 Å². The molecule has 0 aromatic carbocycles. The van der Waals surface area contributed by atoms with Crippen molar-refractivity contribution in [3.8, 4) is 5.69 Å². The molecule has 6 rings (SSSR count). The van der Waals surface area contributed by atoms with E-state index >= 15 is 0 Å². The standard InChI is InChI=1S/C29H26N5/c1-2-3-4-20-13-15-34(16-14-20)29-27-11-9-25(32-27)18-23-7-5-21(30-23)17-22-6-8-24(31-22)19-26-10-12-28(29)33-26/h5-19,30,33H,2-4H2,1H3/q+1. The van der Waals surface area contributed by atoms with Crippen molar-refractivity contribution in [3.05, 3.63) is 95.3 Å². The Hall–Kier alpha value is -4.25. The maximum absolute atomic E-state index is 4.96. The zero-order valence-electron chi connectivity index (χ0n) is 19.1. The van der Waals surface area contributed by atoms with E-state index in [1.807, 2.05) is 12.2 Å². The Labute approximate surface area is 198 Å². The van der Waals surface area contributed by atoms with Gasteiger partial charge in [-0.1, -0.05) is 13.3 Å². The molecular weight excluding hydrogens is 418 g/mol. The highest BCUT2D eigenvalue weighted by molar-refractivity contribution is 5.81. The van der Waals surface area contributed by atoms with Crippen LogP contribution in [0.1, 0.15) is 48.1 Å². The SMILES string of the molecule is CCCCc1cc[n+](-c2c3nc(cc4ccc(cc5nc(cc6ccc2[nH]6)C=C5)[nH]4)C=C3)cc1. The molecule has 0 atom stereocenters. The molecule has 8 bridgehead atoms. The molecule has 6 heterocycles. The number of pyridine rings is 1. The van der Waals surface area contributed by atoms with Crippen molar-refractivity contribution < 1.29 is 4.57 Å². The first-order chi connectivity index (χ1) is 16.7. The molecule has 5 nitrogen and oxygen atoms in total. The summed E-state index contributed by atoms with van der Waals surface area (Å²) in [4.78, 5) is 16.7. The number of fused-ring (bicyclic) bond motifs is 8. The van der Waals surface area contributed by atoms with Crippen molar-refractivity contribution in [1.29, 1.82) is 0 Å². The Balaban J connectivity index is 1.60. The quantitative estimate of drug-likeness (QED) is 0.315. The largest absolute Gasteiger partial charge is 0.355 e. The van der Waals surface area contributed by atoms with Crippen molar-refractivity contribution in [2.75, 3.05) is 0 Å². The molecule has 0 aliphatic carbocycles. The monoisotopic (exact) mass is 444 g/mol. The number of hydrogen-bond acceptors (Lipinski definition) is 2. The molecule has 0 saturated heterocycles. The van der Waals surface area contributed by atoms with Crippen molar-refractivity contribution in [2.45, 2.75) is 26.2 Å². The number of hydrogen-bond donors (Lipinski definition) is 2. The molecule has 0 fully saturated rings. The Morgan fingerprint density at radius 2 is 1.32 bits per heavy atom. The second-order valence-corrected chi connectivity index (χ2v) is 8.75. The third kappa shape index (κ3) is 4.08. The number of unbranched alkanes of at least 4 members (excludes halogenated alkanes) is 1. The first-order valence-electron chi connectivity index (χ1n) is 11.8. The van der Waals surface area contributed by atoms with Crippen LogP contribution in [0.4, 0.5) is 0 Å². The zero-order valence-corrected chi connectivity index (χ0v) is 19.1. The summed E-state index contributed by atoms with van der Waals surface area (Å²) in [6, 6.07) is 18.9. The molecule has 2 aliphatic heterocycles. The maximum atomic E-state index is 4.96. The van der Waals surface area contributed by atoms with Crippen LogP contribution in [-0.2, 0) is 6.42 Å². The first-order valence-corrected chi connectivity index (χ1v) is 11.8. The van der Waals surface area contributed by atoms with Gasteiger partial charge in [0.05, 0.1) is 17.1 Å². The van der Waals surface area contributed by atoms with E-state index in [4.69, 9.17) is 9.97 Å². The van der Waals surface area contributed by atoms with E-state index in [0.717, 1.165) is 57.0 Å². The molecular formula is C29H26N5+. The summed E-state index contributed by atoms with van der Waals surface area (Å²) in [6.45, 7) is 2.23. The van der Waals surface area contributed by atoms with Crippen molar-refractivity contribution in [1.82, 2.24) is 19.9 Å². The predicted octanol–water partition coefficient (Wildman–Crippen LogP) is 6.27. The highest BCUT2D eigenvalue weighted by atomic mass is 15.0. The minimum absolute atomic E-state index is 0.917. The molecule has 5 heteroatoms. The van der Waals surface area contributed by atoms with E-state index in [1.54, 1.807) is 0 Å². The third-order valence-electron chi connectivity index (χ3n) is 6.17. The summed E-state index contributed by atoms with van der Waals surface area (Å²) >= 11 is 0. The Bertz CT molecular complexity index is 1580. The number of aromatic nitrogens is 5. The summed E-state index contributed by atoms with van der Waals surface area (Å²) in [6.07, 6.45) is 16.0.